The molecular formula is C14H15N3O2. The Morgan fingerprint density at radius 1 is 1.47 bits per heavy atom. The normalized spacial score (nSPS) is 17.4. The minimum Gasteiger partial charge on any atom is -0.493 e. The summed E-state index contributed by atoms with van der Waals surface area (Å²) in [5.74, 6) is 0.716. The molecule has 2 N–H and O–H groups in total. The van der Waals surface area contributed by atoms with E-state index in [2.05, 4.69) is 15.3 Å². The molecular weight excluding hydrogens is 242 g/mol. The highest BCUT2D eigenvalue weighted by atomic mass is 16.5. The van der Waals surface area contributed by atoms with Gasteiger partial charge in [-0.3, -0.25) is 4.79 Å². The second kappa shape index (κ2) is 5.14. The number of ether oxygens (including phenoxy) is 1. The summed E-state index contributed by atoms with van der Waals surface area (Å²) in [5.41, 5.74) is 1.87. The van der Waals surface area contributed by atoms with Crippen molar-refractivity contribution < 1.29 is 9.53 Å². The fourth-order valence-corrected chi connectivity index (χ4v) is 2.30. The maximum Gasteiger partial charge on any atom is 0.228 e. The lowest BCUT2D eigenvalue weighted by Gasteiger charge is -2.24. The zero-order chi connectivity index (χ0) is 13.1. The topological polar surface area (TPSA) is 67.0 Å². The van der Waals surface area contributed by atoms with Crippen LogP contribution in [-0.4, -0.2) is 22.5 Å². The minimum atomic E-state index is -0.132. The number of para-hydroxylation sites is 1. The third kappa shape index (κ3) is 2.45. The Labute approximate surface area is 111 Å². The monoisotopic (exact) mass is 257 g/mol. The van der Waals surface area contributed by atoms with Gasteiger partial charge >= 0.3 is 0 Å². The molecule has 0 saturated heterocycles. The van der Waals surface area contributed by atoms with Gasteiger partial charge in [0.15, 0.2) is 0 Å². The van der Waals surface area contributed by atoms with E-state index in [-0.39, 0.29) is 11.8 Å². The summed E-state index contributed by atoms with van der Waals surface area (Å²) < 4.78 is 5.56. The Bertz CT molecular complexity index is 566. The van der Waals surface area contributed by atoms with Crippen molar-refractivity contribution in [3.05, 3.63) is 48.0 Å². The van der Waals surface area contributed by atoms with Gasteiger partial charge in [-0.1, -0.05) is 18.2 Å². The van der Waals surface area contributed by atoms with Gasteiger partial charge in [0.2, 0.25) is 5.91 Å². The number of hydrogen-bond acceptors (Lipinski definition) is 3. The number of hydrogen-bond donors (Lipinski definition) is 2. The Kier molecular flexibility index (Phi) is 3.18. The predicted octanol–water partition coefficient (Wildman–Crippen LogP) is 1.59. The molecule has 1 amide bonds. The zero-order valence-electron chi connectivity index (χ0n) is 10.4. The molecule has 0 saturated carbocycles. The van der Waals surface area contributed by atoms with E-state index < -0.39 is 0 Å². The molecule has 0 bridgehead atoms. The first-order valence-electron chi connectivity index (χ1n) is 6.31. The quantitative estimate of drug-likeness (QED) is 0.877. The average Bonchev–Trinajstić information content (AvgIpc) is 2.97. The van der Waals surface area contributed by atoms with Crippen LogP contribution in [0.2, 0.25) is 0 Å². The first-order valence-corrected chi connectivity index (χ1v) is 6.31. The third-order valence-corrected chi connectivity index (χ3v) is 3.28. The van der Waals surface area contributed by atoms with Crippen LogP contribution in [0.25, 0.3) is 0 Å². The highest BCUT2D eigenvalue weighted by Crippen LogP contribution is 2.33. The number of carbonyl (C=O) groups is 1. The van der Waals surface area contributed by atoms with E-state index in [1.165, 1.54) is 0 Å². The van der Waals surface area contributed by atoms with Crippen LogP contribution < -0.4 is 10.1 Å². The number of amides is 1. The van der Waals surface area contributed by atoms with Crippen LogP contribution in [0.1, 0.15) is 23.6 Å². The van der Waals surface area contributed by atoms with Crippen molar-refractivity contribution in [2.75, 3.05) is 6.61 Å². The van der Waals surface area contributed by atoms with Gasteiger partial charge in [0.25, 0.3) is 0 Å². The summed E-state index contributed by atoms with van der Waals surface area (Å²) in [6, 6.07) is 7.71. The van der Waals surface area contributed by atoms with Crippen LogP contribution in [0, 0.1) is 0 Å². The molecule has 1 aliphatic rings. The van der Waals surface area contributed by atoms with Crippen molar-refractivity contribution in [1.82, 2.24) is 15.3 Å². The van der Waals surface area contributed by atoms with Gasteiger partial charge in [0, 0.05) is 11.8 Å². The fourth-order valence-electron chi connectivity index (χ4n) is 2.30. The number of H-pyrrole nitrogens is 1. The van der Waals surface area contributed by atoms with E-state index in [1.807, 2.05) is 24.3 Å². The molecule has 0 aliphatic carbocycles. The summed E-state index contributed by atoms with van der Waals surface area (Å²) in [4.78, 5) is 19.1. The smallest absolute Gasteiger partial charge is 0.228 e. The number of nitrogens with zero attached hydrogens (tertiary/aromatic N) is 1. The van der Waals surface area contributed by atoms with E-state index in [4.69, 9.17) is 4.74 Å². The van der Waals surface area contributed by atoms with E-state index >= 15 is 0 Å². The number of aromatic nitrogens is 2. The lowest BCUT2D eigenvalue weighted by atomic mass is 9.92. The Balaban J connectivity index is 1.71. The Morgan fingerprint density at radius 3 is 3.21 bits per heavy atom. The van der Waals surface area contributed by atoms with Crippen LogP contribution in [0.4, 0.5) is 0 Å². The number of imidazole rings is 1. The van der Waals surface area contributed by atoms with Crippen LogP contribution >= 0.6 is 0 Å². The maximum atomic E-state index is 12.3. The molecule has 1 atom stereocenters. The van der Waals surface area contributed by atoms with Crippen molar-refractivity contribution in [3.63, 3.8) is 0 Å². The molecule has 5 heteroatoms. The van der Waals surface area contributed by atoms with Crippen molar-refractivity contribution in [2.45, 2.75) is 18.9 Å². The van der Waals surface area contributed by atoms with Crippen LogP contribution in [0.15, 0.2) is 36.8 Å². The van der Waals surface area contributed by atoms with Gasteiger partial charge in [-0.2, -0.15) is 0 Å². The van der Waals surface area contributed by atoms with Crippen molar-refractivity contribution in [3.8, 4) is 5.75 Å². The lowest BCUT2D eigenvalue weighted by molar-refractivity contribution is -0.123. The van der Waals surface area contributed by atoms with Gasteiger partial charge in [0.05, 0.1) is 31.1 Å². The second-order valence-corrected chi connectivity index (χ2v) is 4.52. The first-order chi connectivity index (χ1) is 9.34. The van der Waals surface area contributed by atoms with Crippen LogP contribution in [0.5, 0.6) is 5.75 Å². The molecule has 0 radical (unpaired) electrons. The predicted molar refractivity (Wildman–Crippen MR) is 69.7 cm³/mol. The van der Waals surface area contributed by atoms with Crippen LogP contribution in [-0.2, 0) is 11.3 Å². The van der Waals surface area contributed by atoms with Gasteiger partial charge < -0.3 is 15.0 Å². The fraction of sp³-hybridized carbons (Fsp3) is 0.286. The summed E-state index contributed by atoms with van der Waals surface area (Å²) in [6.07, 6.45) is 4.02. The second-order valence-electron chi connectivity index (χ2n) is 4.52. The lowest BCUT2D eigenvalue weighted by Crippen LogP contribution is -2.32. The number of fused-ring (bicyclic) bond motifs is 1. The molecule has 1 aromatic heterocycles. The molecule has 2 aromatic rings. The summed E-state index contributed by atoms with van der Waals surface area (Å²) in [5, 5.41) is 2.93. The molecule has 0 fully saturated rings. The number of aromatic amines is 1. The molecule has 1 aromatic carbocycles. The van der Waals surface area contributed by atoms with Gasteiger partial charge in [-0.05, 0) is 12.5 Å². The number of benzene rings is 1. The highest BCUT2D eigenvalue weighted by molar-refractivity contribution is 5.84. The standard InChI is InChI=1S/C14H15N3O2/c18-14(16-8-10-7-15-9-17-10)12-5-6-19-13-4-2-1-3-11(12)13/h1-4,7,9,12H,5-6,8H2,(H,15,17)(H,16,18). The number of carbonyl (C=O) groups excluding carboxylic acids is 1. The zero-order valence-corrected chi connectivity index (χ0v) is 10.4. The molecule has 98 valence electrons. The Morgan fingerprint density at radius 2 is 2.37 bits per heavy atom. The van der Waals surface area contributed by atoms with Crippen molar-refractivity contribution >= 4 is 5.91 Å². The third-order valence-electron chi connectivity index (χ3n) is 3.28. The van der Waals surface area contributed by atoms with E-state index in [0.29, 0.717) is 19.6 Å². The van der Waals surface area contributed by atoms with Gasteiger partial charge in [0.1, 0.15) is 5.75 Å². The molecule has 2 heterocycles. The molecule has 5 nitrogen and oxygen atoms in total. The molecule has 19 heavy (non-hydrogen) atoms. The minimum absolute atomic E-state index is 0.0327. The maximum absolute atomic E-state index is 12.3. The summed E-state index contributed by atoms with van der Waals surface area (Å²) in [6.45, 7) is 1.05. The van der Waals surface area contributed by atoms with Crippen molar-refractivity contribution in [1.29, 1.82) is 0 Å². The SMILES string of the molecule is O=C(NCc1cnc[nH]1)C1CCOc2ccccc21. The van der Waals surface area contributed by atoms with E-state index in [1.54, 1.807) is 12.5 Å². The van der Waals surface area contributed by atoms with Gasteiger partial charge in [-0.15, -0.1) is 0 Å². The summed E-state index contributed by atoms with van der Waals surface area (Å²) >= 11 is 0. The van der Waals surface area contributed by atoms with Gasteiger partial charge in [-0.25, -0.2) is 4.98 Å². The first kappa shape index (κ1) is 11.8. The number of rotatable bonds is 3. The summed E-state index contributed by atoms with van der Waals surface area (Å²) in [7, 11) is 0. The molecule has 0 spiro atoms. The van der Waals surface area contributed by atoms with Crippen LogP contribution in [0.3, 0.4) is 0 Å². The van der Waals surface area contributed by atoms with Crippen molar-refractivity contribution in [2.24, 2.45) is 0 Å². The largest absolute Gasteiger partial charge is 0.493 e. The molecule has 1 unspecified atom stereocenters. The van der Waals surface area contributed by atoms with E-state index in [0.717, 1.165) is 17.0 Å². The highest BCUT2D eigenvalue weighted by Gasteiger charge is 2.27. The van der Waals surface area contributed by atoms with E-state index in [9.17, 15) is 4.79 Å². The number of nitrogens with one attached hydrogen (secondary N) is 2. The average molecular weight is 257 g/mol. The molecule has 1 aliphatic heterocycles. The molecule has 3 rings (SSSR count). The Hall–Kier alpha value is -2.30.